The molecule has 0 bridgehead atoms. The molecule has 2 amide bonds. The van der Waals surface area contributed by atoms with E-state index >= 15 is 4.39 Å². The van der Waals surface area contributed by atoms with Gasteiger partial charge in [0.05, 0.1) is 22.6 Å². The number of alkyl halides is 3. The van der Waals surface area contributed by atoms with Crippen LogP contribution in [0.15, 0.2) is 41.8 Å². The number of anilines is 2. The van der Waals surface area contributed by atoms with E-state index < -0.39 is 40.4 Å². The van der Waals surface area contributed by atoms with E-state index in [0.717, 1.165) is 16.7 Å². The second kappa shape index (κ2) is 12.8. The first-order chi connectivity index (χ1) is 24.0. The number of hydrogen-bond donors (Lipinski definition) is 2. The normalized spacial score (nSPS) is 15.7. The summed E-state index contributed by atoms with van der Waals surface area (Å²) in [4.78, 5) is 57.1. The van der Waals surface area contributed by atoms with E-state index in [1.165, 1.54) is 20.0 Å². The fourth-order valence-electron chi connectivity index (χ4n) is 7.38. The van der Waals surface area contributed by atoms with Crippen molar-refractivity contribution >= 4 is 34.4 Å². The van der Waals surface area contributed by atoms with E-state index in [2.05, 4.69) is 26.8 Å². The summed E-state index contributed by atoms with van der Waals surface area (Å²) < 4.78 is 61.1. The molecule has 6 heterocycles. The summed E-state index contributed by atoms with van der Waals surface area (Å²) in [5, 5.41) is 2.57. The third-order valence-electron chi connectivity index (χ3n) is 9.88. The Labute approximate surface area is 291 Å². The lowest BCUT2D eigenvalue weighted by Crippen LogP contribution is -2.61. The average molecular weight is 707 g/mol. The number of nitrogens with one attached hydrogen (secondary N) is 1. The monoisotopic (exact) mass is 706 g/mol. The molecular weight excluding hydrogens is 668 g/mol. The van der Waals surface area contributed by atoms with Gasteiger partial charge in [0.2, 0.25) is 5.91 Å². The van der Waals surface area contributed by atoms with Gasteiger partial charge in [-0.2, -0.15) is 13.2 Å². The van der Waals surface area contributed by atoms with Crippen LogP contribution < -0.4 is 21.5 Å². The molecule has 0 unspecified atom stereocenters. The van der Waals surface area contributed by atoms with Crippen LogP contribution in [0.1, 0.15) is 65.3 Å². The number of nitrogen functional groups attached to an aromatic ring is 1. The summed E-state index contributed by atoms with van der Waals surface area (Å²) in [6.45, 7) is 11.9. The van der Waals surface area contributed by atoms with Gasteiger partial charge in [-0.25, -0.2) is 14.4 Å². The minimum absolute atomic E-state index is 0.0367. The number of halogens is 4. The van der Waals surface area contributed by atoms with Crippen molar-refractivity contribution in [2.45, 2.75) is 52.6 Å². The highest BCUT2D eigenvalue weighted by atomic mass is 19.4. The molecule has 2 aliphatic rings. The number of aryl methyl sites for hydroxylation is 2. The Kier molecular flexibility index (Phi) is 8.88. The van der Waals surface area contributed by atoms with Gasteiger partial charge in [-0.05, 0) is 68.0 Å². The summed E-state index contributed by atoms with van der Waals surface area (Å²) in [6.07, 6.45) is -0.919. The Balaban J connectivity index is 1.67. The quantitative estimate of drug-likeness (QED) is 0.204. The molecule has 0 saturated carbocycles. The van der Waals surface area contributed by atoms with Gasteiger partial charge in [0.25, 0.3) is 11.5 Å². The van der Waals surface area contributed by atoms with Gasteiger partial charge in [-0.15, -0.1) is 0 Å². The van der Waals surface area contributed by atoms with Crippen LogP contribution in [-0.4, -0.2) is 69.5 Å². The van der Waals surface area contributed by atoms with Gasteiger partial charge < -0.3 is 20.9 Å². The van der Waals surface area contributed by atoms with Crippen LogP contribution in [0.5, 0.6) is 0 Å². The smallest absolute Gasteiger partial charge is 0.384 e. The van der Waals surface area contributed by atoms with Crippen molar-refractivity contribution in [3.63, 3.8) is 0 Å². The SMILES string of the molecule is C=CC(=O)N1CC2(CCN(c3c(C(=O)NC)c(=O)n(-c4c(C)ccnc4C(C)C)c4nc(-c5nc(N)cc(C)c5C(F)(F)F)c(F)cc34)CC2)C1. The van der Waals surface area contributed by atoms with E-state index in [0.29, 0.717) is 50.3 Å². The Bertz CT molecular complexity index is 2160. The Morgan fingerprint density at radius 2 is 1.73 bits per heavy atom. The molecule has 2 fully saturated rings. The second-order valence-corrected chi connectivity index (χ2v) is 13.6. The first kappa shape index (κ1) is 35.5. The first-order valence-electron chi connectivity index (χ1n) is 16.5. The van der Waals surface area contributed by atoms with Crippen LogP contribution >= 0.6 is 0 Å². The van der Waals surface area contributed by atoms with Crippen molar-refractivity contribution < 1.29 is 27.2 Å². The van der Waals surface area contributed by atoms with Crippen LogP contribution in [0.4, 0.5) is 29.1 Å². The summed E-state index contributed by atoms with van der Waals surface area (Å²) in [5.41, 5.74) is 2.76. The molecule has 6 rings (SSSR count). The molecule has 0 aliphatic carbocycles. The van der Waals surface area contributed by atoms with E-state index in [-0.39, 0.29) is 56.6 Å². The number of pyridine rings is 4. The highest BCUT2D eigenvalue weighted by Crippen LogP contribution is 2.44. The summed E-state index contributed by atoms with van der Waals surface area (Å²) in [7, 11) is 1.37. The maximum absolute atomic E-state index is 16.5. The van der Waals surface area contributed by atoms with Crippen LogP contribution in [0.25, 0.3) is 28.1 Å². The first-order valence-corrected chi connectivity index (χ1v) is 16.5. The van der Waals surface area contributed by atoms with Crippen molar-refractivity contribution in [2.24, 2.45) is 5.41 Å². The van der Waals surface area contributed by atoms with Crippen LogP contribution in [0.3, 0.4) is 0 Å². The Morgan fingerprint density at radius 3 is 2.31 bits per heavy atom. The van der Waals surface area contributed by atoms with Crippen LogP contribution in [0, 0.1) is 25.1 Å². The van der Waals surface area contributed by atoms with E-state index in [1.54, 1.807) is 24.1 Å². The lowest BCUT2D eigenvalue weighted by molar-refractivity contribution is -0.139. The summed E-state index contributed by atoms with van der Waals surface area (Å²) in [6, 6.07) is 3.71. The molecule has 15 heteroatoms. The van der Waals surface area contributed by atoms with Gasteiger partial charge >= 0.3 is 6.18 Å². The molecule has 2 aliphatic heterocycles. The number of likely N-dealkylation sites (tertiary alicyclic amines) is 1. The molecule has 1 spiro atoms. The fourth-order valence-corrected chi connectivity index (χ4v) is 7.38. The molecule has 4 aromatic rings. The molecule has 268 valence electrons. The fraction of sp³-hybridized carbons (Fsp3) is 0.389. The van der Waals surface area contributed by atoms with E-state index in [1.807, 2.05) is 18.7 Å². The maximum atomic E-state index is 16.5. The largest absolute Gasteiger partial charge is 0.418 e. The van der Waals surface area contributed by atoms with Crippen molar-refractivity contribution in [3.8, 4) is 17.1 Å². The molecule has 3 N–H and O–H groups in total. The number of carbonyl (C=O) groups excluding carboxylic acids is 2. The third kappa shape index (κ3) is 5.97. The molecule has 4 aromatic heterocycles. The van der Waals surface area contributed by atoms with Crippen molar-refractivity contribution in [3.05, 3.63) is 81.2 Å². The summed E-state index contributed by atoms with van der Waals surface area (Å²) in [5.74, 6) is -2.57. The van der Waals surface area contributed by atoms with Gasteiger partial charge in [0, 0.05) is 50.2 Å². The number of nitrogens with zero attached hydrogens (tertiary/aromatic N) is 6. The highest BCUT2D eigenvalue weighted by molar-refractivity contribution is 6.07. The minimum Gasteiger partial charge on any atom is -0.384 e. The topological polar surface area (TPSA) is 139 Å². The third-order valence-corrected chi connectivity index (χ3v) is 9.88. The molecule has 0 radical (unpaired) electrons. The Morgan fingerprint density at radius 1 is 1.06 bits per heavy atom. The number of rotatable bonds is 6. The number of piperidine rings is 1. The molecule has 11 nitrogen and oxygen atoms in total. The Hall–Kier alpha value is -5.34. The van der Waals surface area contributed by atoms with E-state index in [9.17, 15) is 27.6 Å². The van der Waals surface area contributed by atoms with Crippen LogP contribution in [-0.2, 0) is 11.0 Å². The minimum atomic E-state index is -4.95. The zero-order valence-electron chi connectivity index (χ0n) is 28.9. The molecule has 51 heavy (non-hydrogen) atoms. The molecule has 0 atom stereocenters. The van der Waals surface area contributed by atoms with Crippen molar-refractivity contribution in [2.75, 3.05) is 43.9 Å². The number of nitrogens with two attached hydrogens (primary N) is 1. The van der Waals surface area contributed by atoms with Crippen molar-refractivity contribution in [1.29, 1.82) is 0 Å². The van der Waals surface area contributed by atoms with Crippen molar-refractivity contribution in [1.82, 2.24) is 29.7 Å². The van der Waals surface area contributed by atoms with E-state index in [4.69, 9.17) is 5.73 Å². The molecule has 2 saturated heterocycles. The highest BCUT2D eigenvalue weighted by Gasteiger charge is 2.47. The van der Waals surface area contributed by atoms with Gasteiger partial charge in [0.15, 0.2) is 11.5 Å². The predicted octanol–water partition coefficient (Wildman–Crippen LogP) is 5.30. The molecular formula is C36H38F4N8O3. The number of amides is 2. The zero-order chi connectivity index (χ0) is 37.2. The standard InChI is InChI=1S/C36H38F4N8O3/c1-7-24(49)47-16-35(17-47)9-12-46(13-10-35)31-21-15-22(37)28(29-26(36(38,39)40)20(5)14-23(41)44-29)45-32(21)48(34(51)25(31)33(50)42-6)30-19(4)8-11-43-27(30)18(2)3/h7-8,11,14-15,18H,1,9-10,12-13,16-17H2,2-6H3,(H2,41,44)(H,42,50). The summed E-state index contributed by atoms with van der Waals surface area (Å²) >= 11 is 0. The average Bonchev–Trinajstić information content (AvgIpc) is 3.05. The zero-order valence-corrected chi connectivity index (χ0v) is 28.9. The van der Waals surface area contributed by atoms with Crippen LogP contribution in [0.2, 0.25) is 0 Å². The van der Waals surface area contributed by atoms with Gasteiger partial charge in [0.1, 0.15) is 22.8 Å². The number of hydrogen-bond acceptors (Lipinski definition) is 8. The predicted molar refractivity (Wildman–Crippen MR) is 185 cm³/mol. The second-order valence-electron chi connectivity index (χ2n) is 13.6. The number of fused-ring (bicyclic) bond motifs is 1. The molecule has 0 aromatic carbocycles. The lowest BCUT2D eigenvalue weighted by Gasteiger charge is -2.54. The van der Waals surface area contributed by atoms with Gasteiger partial charge in [-0.3, -0.25) is 23.9 Å². The lowest BCUT2D eigenvalue weighted by atomic mass is 9.71. The van der Waals surface area contributed by atoms with Gasteiger partial charge in [-0.1, -0.05) is 20.4 Å². The number of aromatic nitrogens is 4. The number of carbonyl (C=O) groups is 2. The maximum Gasteiger partial charge on any atom is 0.418 e.